The lowest BCUT2D eigenvalue weighted by molar-refractivity contribution is 0.102. The molecule has 0 aliphatic heterocycles. The molecule has 0 aliphatic rings. The van der Waals surface area contributed by atoms with Crippen molar-refractivity contribution < 1.29 is 4.79 Å². The minimum absolute atomic E-state index is 0.0810. The lowest BCUT2D eigenvalue weighted by atomic mass is 10.2. The van der Waals surface area contributed by atoms with Crippen molar-refractivity contribution in [3.8, 4) is 16.9 Å². The van der Waals surface area contributed by atoms with Crippen LogP contribution in [0.25, 0.3) is 16.9 Å². The van der Waals surface area contributed by atoms with Gasteiger partial charge < -0.3 is 0 Å². The van der Waals surface area contributed by atoms with Gasteiger partial charge in [0, 0.05) is 28.0 Å². The van der Waals surface area contributed by atoms with Crippen molar-refractivity contribution in [1.82, 2.24) is 9.55 Å². The number of benzene rings is 3. The highest BCUT2D eigenvalue weighted by atomic mass is 35.5. The van der Waals surface area contributed by atoms with E-state index in [-0.39, 0.29) is 5.78 Å². The van der Waals surface area contributed by atoms with Crippen molar-refractivity contribution in [1.29, 1.82) is 0 Å². The topological polar surface area (TPSA) is 34.9 Å². The molecule has 1 heterocycles. The van der Waals surface area contributed by atoms with Crippen molar-refractivity contribution in [3.63, 3.8) is 0 Å². The van der Waals surface area contributed by atoms with Crippen molar-refractivity contribution in [2.45, 2.75) is 5.16 Å². The Morgan fingerprint density at radius 1 is 0.893 bits per heavy atom. The molecule has 1 aromatic heterocycles. The molecule has 0 radical (unpaired) electrons. The number of aromatic nitrogens is 2. The largest absolute Gasteiger partial charge is 0.294 e. The second-order valence-corrected chi connectivity index (χ2v) is 7.58. The molecule has 0 unspecified atom stereocenters. The maximum Gasteiger partial charge on any atom is 0.173 e. The van der Waals surface area contributed by atoms with E-state index in [1.807, 2.05) is 95.7 Å². The molecule has 0 amide bonds. The fraction of sp³-hybridized carbons (Fsp3) is 0.0435. The smallest absolute Gasteiger partial charge is 0.173 e. The summed E-state index contributed by atoms with van der Waals surface area (Å²) in [5, 5.41) is 1.45. The van der Waals surface area contributed by atoms with Gasteiger partial charge in [0.25, 0.3) is 0 Å². The highest BCUT2D eigenvalue weighted by molar-refractivity contribution is 7.99. The number of ketones is 1. The molecule has 4 aromatic rings. The fourth-order valence-corrected chi connectivity index (χ4v) is 3.85. The lowest BCUT2D eigenvalue weighted by Crippen LogP contribution is -2.03. The SMILES string of the molecule is O=C(CSc1nc(-c2ccccc2)cn1-c1ccc(Cl)cc1)c1ccccc1. The van der Waals surface area contributed by atoms with Gasteiger partial charge in [0.1, 0.15) is 0 Å². The molecule has 0 aliphatic carbocycles. The molecule has 4 rings (SSSR count). The van der Waals surface area contributed by atoms with Gasteiger partial charge in [-0.25, -0.2) is 4.98 Å². The van der Waals surface area contributed by atoms with E-state index in [1.165, 1.54) is 11.8 Å². The summed E-state index contributed by atoms with van der Waals surface area (Å²) in [6.07, 6.45) is 1.99. The highest BCUT2D eigenvalue weighted by Gasteiger charge is 2.14. The molecule has 0 N–H and O–H groups in total. The van der Waals surface area contributed by atoms with Crippen LogP contribution in [0.5, 0.6) is 0 Å². The van der Waals surface area contributed by atoms with Gasteiger partial charge in [0.15, 0.2) is 10.9 Å². The van der Waals surface area contributed by atoms with Crippen molar-refractivity contribution in [2.75, 3.05) is 5.75 Å². The van der Waals surface area contributed by atoms with Gasteiger partial charge in [-0.1, -0.05) is 84.0 Å². The minimum atomic E-state index is 0.0810. The average molecular weight is 405 g/mol. The van der Waals surface area contributed by atoms with Crippen LogP contribution in [-0.2, 0) is 0 Å². The van der Waals surface area contributed by atoms with Crippen LogP contribution in [0.4, 0.5) is 0 Å². The number of hydrogen-bond donors (Lipinski definition) is 0. The van der Waals surface area contributed by atoms with E-state index in [0.717, 1.165) is 22.1 Å². The van der Waals surface area contributed by atoms with E-state index in [9.17, 15) is 4.79 Å². The second-order valence-electron chi connectivity index (χ2n) is 6.20. The molecule has 0 bridgehead atoms. The molecule has 0 saturated carbocycles. The van der Waals surface area contributed by atoms with Gasteiger partial charge in [-0.05, 0) is 24.3 Å². The first-order valence-corrected chi connectivity index (χ1v) is 10.2. The first kappa shape index (κ1) is 18.5. The summed E-state index contributed by atoms with van der Waals surface area (Å²) in [5.41, 5.74) is 3.56. The number of carbonyl (C=O) groups excluding carboxylic acids is 1. The molecule has 0 fully saturated rings. The van der Waals surface area contributed by atoms with Crippen molar-refractivity contribution >= 4 is 29.1 Å². The summed E-state index contributed by atoms with van der Waals surface area (Å²) in [6, 6.07) is 26.9. The van der Waals surface area contributed by atoms with Crippen LogP contribution in [0.15, 0.2) is 96.3 Å². The number of thioether (sulfide) groups is 1. The zero-order chi connectivity index (χ0) is 19.3. The van der Waals surface area contributed by atoms with Crippen LogP contribution < -0.4 is 0 Å². The van der Waals surface area contributed by atoms with Crippen LogP contribution in [0.2, 0.25) is 5.02 Å². The molecule has 0 atom stereocenters. The third kappa shape index (κ3) is 4.19. The Balaban J connectivity index is 1.65. The first-order chi connectivity index (χ1) is 13.7. The molecule has 3 nitrogen and oxygen atoms in total. The van der Waals surface area contributed by atoms with E-state index in [4.69, 9.17) is 16.6 Å². The van der Waals surface area contributed by atoms with Gasteiger partial charge in [-0.3, -0.25) is 9.36 Å². The number of carbonyl (C=O) groups is 1. The Morgan fingerprint density at radius 2 is 1.54 bits per heavy atom. The number of Topliss-reactive ketones (excluding diaryl/α,β-unsaturated/α-hetero) is 1. The van der Waals surface area contributed by atoms with Crippen molar-refractivity contribution in [3.05, 3.63) is 102 Å². The molecule has 138 valence electrons. The molecule has 5 heteroatoms. The summed E-state index contributed by atoms with van der Waals surface area (Å²) in [6.45, 7) is 0. The summed E-state index contributed by atoms with van der Waals surface area (Å²) < 4.78 is 2.00. The molecule has 3 aromatic carbocycles. The third-order valence-electron chi connectivity index (χ3n) is 4.28. The van der Waals surface area contributed by atoms with Crippen LogP contribution in [0.1, 0.15) is 10.4 Å². The minimum Gasteiger partial charge on any atom is -0.294 e. The Morgan fingerprint density at radius 3 is 2.21 bits per heavy atom. The molecule has 0 saturated heterocycles. The number of rotatable bonds is 6. The van der Waals surface area contributed by atoms with Crippen LogP contribution in [0.3, 0.4) is 0 Å². The van der Waals surface area contributed by atoms with Gasteiger partial charge >= 0.3 is 0 Å². The Kier molecular flexibility index (Phi) is 5.60. The van der Waals surface area contributed by atoms with Crippen molar-refractivity contribution in [2.24, 2.45) is 0 Å². The maximum absolute atomic E-state index is 12.5. The maximum atomic E-state index is 12.5. The third-order valence-corrected chi connectivity index (χ3v) is 5.48. The van der Waals surface area contributed by atoms with Gasteiger partial charge in [0.05, 0.1) is 11.4 Å². The number of hydrogen-bond acceptors (Lipinski definition) is 3. The molecule has 0 spiro atoms. The lowest BCUT2D eigenvalue weighted by Gasteiger charge is -2.07. The first-order valence-electron chi connectivity index (χ1n) is 8.82. The number of imidazole rings is 1. The monoisotopic (exact) mass is 404 g/mol. The van der Waals surface area contributed by atoms with Gasteiger partial charge in [-0.2, -0.15) is 0 Å². The zero-order valence-corrected chi connectivity index (χ0v) is 16.5. The van der Waals surface area contributed by atoms with Gasteiger partial charge in [0.2, 0.25) is 0 Å². The summed E-state index contributed by atoms with van der Waals surface area (Å²) >= 11 is 7.47. The number of halogens is 1. The van der Waals surface area contributed by atoms with Crippen LogP contribution >= 0.6 is 23.4 Å². The predicted molar refractivity (Wildman–Crippen MR) is 116 cm³/mol. The predicted octanol–water partition coefficient (Wildman–Crippen LogP) is 6.17. The second kappa shape index (κ2) is 8.46. The quantitative estimate of drug-likeness (QED) is 0.285. The van der Waals surface area contributed by atoms with E-state index < -0.39 is 0 Å². The zero-order valence-electron chi connectivity index (χ0n) is 15.0. The highest BCUT2D eigenvalue weighted by Crippen LogP contribution is 2.28. The molecule has 28 heavy (non-hydrogen) atoms. The Bertz CT molecular complexity index is 1080. The van der Waals surface area contributed by atoms with E-state index in [2.05, 4.69) is 0 Å². The van der Waals surface area contributed by atoms with Crippen LogP contribution in [-0.4, -0.2) is 21.1 Å². The summed E-state index contributed by atoms with van der Waals surface area (Å²) in [7, 11) is 0. The standard InChI is InChI=1S/C23H17ClN2OS/c24-19-11-13-20(14-12-19)26-15-21(17-7-3-1-4-8-17)25-23(26)28-16-22(27)18-9-5-2-6-10-18/h1-15H,16H2. The van der Waals surface area contributed by atoms with Gasteiger partial charge in [-0.15, -0.1) is 0 Å². The average Bonchev–Trinajstić information content (AvgIpc) is 3.18. The molecular weight excluding hydrogens is 388 g/mol. The number of nitrogens with zero attached hydrogens (tertiary/aromatic N) is 2. The normalized spacial score (nSPS) is 10.8. The Hall–Kier alpha value is -2.82. The van der Waals surface area contributed by atoms with E-state index in [0.29, 0.717) is 16.3 Å². The summed E-state index contributed by atoms with van der Waals surface area (Å²) in [5.74, 6) is 0.403. The van der Waals surface area contributed by atoms with Crippen LogP contribution in [0, 0.1) is 0 Å². The summed E-state index contributed by atoms with van der Waals surface area (Å²) in [4.78, 5) is 17.3. The molecular formula is C23H17ClN2OS. The fourth-order valence-electron chi connectivity index (χ4n) is 2.84. The van der Waals surface area contributed by atoms with E-state index >= 15 is 0 Å². The Labute approximate surface area is 173 Å². The van der Waals surface area contributed by atoms with E-state index in [1.54, 1.807) is 0 Å².